The molecule has 1 aromatic rings. The molecular weight excluding hydrogens is 143 g/mol. The van der Waals surface area contributed by atoms with E-state index in [0.717, 1.165) is 5.56 Å². The third kappa shape index (κ3) is 3.07. The smallest absolute Gasteiger partial charge is 0.870 e. The molecule has 0 fully saturated rings. The first-order valence-corrected chi connectivity index (χ1v) is 2.75. The predicted octanol–water partition coefficient (Wildman–Crippen LogP) is 0.141. The fourth-order valence-electron chi connectivity index (χ4n) is 0.626. The van der Waals surface area contributed by atoms with Gasteiger partial charge in [0.05, 0.1) is 0 Å². The SMILES string of the molecule is [B+2]c1ccc(C)c(O)c1.[OH-].[OH-]. The standard InChI is InChI=1S/C7H7BO.2H2O/c1-5-2-3-6(8)4-7(5)9;;/h2-4,9H,1H3;2*1H2/q+2;;/p-2. The quantitative estimate of drug-likeness (QED) is 0.536. The summed E-state index contributed by atoms with van der Waals surface area (Å²) < 4.78 is 0. The fraction of sp³-hybridized carbons (Fsp3) is 0.143. The molecule has 0 radical (unpaired) electrons. The van der Waals surface area contributed by atoms with Gasteiger partial charge in [0.1, 0.15) is 0 Å². The van der Waals surface area contributed by atoms with Crippen molar-refractivity contribution >= 4 is 13.3 Å². The second kappa shape index (κ2) is 4.76. The number of phenols is 1. The van der Waals surface area contributed by atoms with E-state index in [4.69, 9.17) is 13.0 Å². The third-order valence-corrected chi connectivity index (χ3v) is 1.23. The summed E-state index contributed by atoms with van der Waals surface area (Å²) in [6.45, 7) is 1.83. The zero-order valence-corrected chi connectivity index (χ0v) is 6.15. The van der Waals surface area contributed by atoms with Crippen molar-refractivity contribution in [2.45, 2.75) is 6.92 Å². The van der Waals surface area contributed by atoms with Crippen LogP contribution < -0.4 is 5.46 Å². The van der Waals surface area contributed by atoms with Crippen molar-refractivity contribution in [3.8, 4) is 5.75 Å². The number of hydrogen-bond donors (Lipinski definition) is 1. The van der Waals surface area contributed by atoms with Gasteiger partial charge in [-0.05, 0) is 0 Å². The zero-order chi connectivity index (χ0) is 6.85. The average Bonchev–Trinajstić information content (AvgIpc) is 1.80. The van der Waals surface area contributed by atoms with Crippen LogP contribution in [0.4, 0.5) is 0 Å². The van der Waals surface area contributed by atoms with Gasteiger partial charge in [-0.3, -0.25) is 0 Å². The van der Waals surface area contributed by atoms with E-state index in [-0.39, 0.29) is 16.7 Å². The summed E-state index contributed by atoms with van der Waals surface area (Å²) in [6, 6.07) is 5.08. The maximum absolute atomic E-state index is 9.02. The van der Waals surface area contributed by atoms with Crippen LogP contribution in [-0.4, -0.2) is 23.9 Å². The second-order valence-corrected chi connectivity index (χ2v) is 2.05. The third-order valence-electron chi connectivity index (χ3n) is 1.23. The summed E-state index contributed by atoms with van der Waals surface area (Å²) in [4.78, 5) is 0. The molecule has 0 atom stereocenters. The Balaban J connectivity index is 0. The van der Waals surface area contributed by atoms with Gasteiger partial charge in [-0.15, -0.1) is 0 Å². The van der Waals surface area contributed by atoms with Crippen molar-refractivity contribution < 1.29 is 16.1 Å². The van der Waals surface area contributed by atoms with Crippen molar-refractivity contribution in [3.63, 3.8) is 0 Å². The Kier molecular flexibility index (Phi) is 5.48. The van der Waals surface area contributed by atoms with Crippen LogP contribution in [0.5, 0.6) is 5.75 Å². The molecule has 4 heteroatoms. The van der Waals surface area contributed by atoms with Crippen LogP contribution in [0.25, 0.3) is 0 Å². The van der Waals surface area contributed by atoms with Crippen LogP contribution in [-0.2, 0) is 0 Å². The molecule has 0 aromatic heterocycles. The molecule has 0 bridgehead atoms. The van der Waals surface area contributed by atoms with Gasteiger partial charge in [0.25, 0.3) is 0 Å². The zero-order valence-electron chi connectivity index (χ0n) is 6.15. The Morgan fingerprint density at radius 2 is 1.82 bits per heavy atom. The van der Waals surface area contributed by atoms with Gasteiger partial charge in [-0.2, -0.15) is 0 Å². The Morgan fingerprint density at radius 1 is 1.27 bits per heavy atom. The maximum atomic E-state index is 9.02. The first kappa shape index (κ1) is 12.7. The van der Waals surface area contributed by atoms with Crippen LogP contribution in [0.2, 0.25) is 0 Å². The fourth-order valence-corrected chi connectivity index (χ4v) is 0.626. The molecule has 0 spiro atoms. The minimum Gasteiger partial charge on any atom is -0.870 e. The number of aromatic hydroxyl groups is 1. The monoisotopic (exact) mass is 152 g/mol. The summed E-state index contributed by atoms with van der Waals surface area (Å²) in [5, 5.41) is 9.02. The van der Waals surface area contributed by atoms with Gasteiger partial charge in [-0.25, -0.2) is 0 Å². The van der Waals surface area contributed by atoms with E-state index in [1.165, 1.54) is 6.07 Å². The predicted molar refractivity (Wildman–Crippen MR) is 42.1 cm³/mol. The van der Waals surface area contributed by atoms with Crippen LogP contribution in [0.1, 0.15) is 5.56 Å². The molecule has 1 aromatic carbocycles. The molecule has 0 saturated heterocycles. The van der Waals surface area contributed by atoms with Gasteiger partial charge in [0, 0.05) is 0 Å². The van der Waals surface area contributed by atoms with Crippen molar-refractivity contribution in [3.05, 3.63) is 23.8 Å². The summed E-state index contributed by atoms with van der Waals surface area (Å²) >= 11 is 0. The van der Waals surface area contributed by atoms with Crippen molar-refractivity contribution in [2.75, 3.05) is 0 Å². The molecule has 0 heterocycles. The van der Waals surface area contributed by atoms with Crippen molar-refractivity contribution in [2.24, 2.45) is 0 Å². The molecule has 0 saturated carbocycles. The number of rotatable bonds is 0. The number of aryl methyl sites for hydroxylation is 1. The van der Waals surface area contributed by atoms with Gasteiger partial charge < -0.3 is 11.0 Å². The van der Waals surface area contributed by atoms with Crippen LogP contribution >= 0.6 is 0 Å². The molecular formula is C7H9BO3. The number of phenolic OH excluding ortho intramolecular Hbond substituents is 1. The Bertz CT molecular complexity index is 225. The van der Waals surface area contributed by atoms with Crippen molar-refractivity contribution in [1.82, 2.24) is 0 Å². The van der Waals surface area contributed by atoms with Crippen LogP contribution in [0, 0.1) is 6.92 Å². The molecule has 0 aliphatic carbocycles. The van der Waals surface area contributed by atoms with E-state index >= 15 is 0 Å². The Morgan fingerprint density at radius 3 is 2.18 bits per heavy atom. The van der Waals surface area contributed by atoms with E-state index in [1.807, 2.05) is 6.92 Å². The van der Waals surface area contributed by atoms with Crippen molar-refractivity contribution in [1.29, 1.82) is 0 Å². The Labute approximate surface area is 66.7 Å². The van der Waals surface area contributed by atoms with Gasteiger partial charge in [-0.1, -0.05) is 0 Å². The molecule has 1 rings (SSSR count). The summed E-state index contributed by atoms with van der Waals surface area (Å²) in [7, 11) is 5.37. The summed E-state index contributed by atoms with van der Waals surface area (Å²) in [5.41, 5.74) is 1.45. The van der Waals surface area contributed by atoms with Gasteiger partial charge >= 0.3 is 54.9 Å². The molecule has 0 aliphatic heterocycles. The number of hydrogen-bond acceptors (Lipinski definition) is 3. The summed E-state index contributed by atoms with van der Waals surface area (Å²) in [6.07, 6.45) is 0. The summed E-state index contributed by atoms with van der Waals surface area (Å²) in [5.74, 6) is 0.259. The molecule has 3 nitrogen and oxygen atoms in total. The molecule has 58 valence electrons. The van der Waals surface area contributed by atoms with E-state index in [0.29, 0.717) is 5.46 Å². The number of benzene rings is 1. The normalized spacial score (nSPS) is 7.91. The van der Waals surface area contributed by atoms with E-state index in [1.54, 1.807) is 12.1 Å². The van der Waals surface area contributed by atoms with E-state index in [9.17, 15) is 0 Å². The van der Waals surface area contributed by atoms with Crippen LogP contribution in [0.3, 0.4) is 0 Å². The molecule has 0 aliphatic rings. The minimum absolute atomic E-state index is 0. The first-order chi connectivity index (χ1) is 4.20. The average molecular weight is 152 g/mol. The largest absolute Gasteiger partial charge is 0.870 e. The first-order valence-electron chi connectivity index (χ1n) is 2.75. The van der Waals surface area contributed by atoms with Gasteiger partial charge in [0.15, 0.2) is 0 Å². The van der Waals surface area contributed by atoms with E-state index in [2.05, 4.69) is 0 Å². The molecule has 11 heavy (non-hydrogen) atoms. The molecule has 3 N–H and O–H groups in total. The topological polar surface area (TPSA) is 80.2 Å². The molecule has 0 amide bonds. The van der Waals surface area contributed by atoms with E-state index < -0.39 is 0 Å². The minimum atomic E-state index is 0. The van der Waals surface area contributed by atoms with Gasteiger partial charge in [0.2, 0.25) is 0 Å². The van der Waals surface area contributed by atoms with Crippen LogP contribution in [0.15, 0.2) is 18.2 Å². The molecule has 0 unspecified atom stereocenters. The Hall–Kier alpha value is -0.995. The maximum Gasteiger partial charge on any atom is -0.870 e. The second-order valence-electron chi connectivity index (χ2n) is 2.05.